The highest BCUT2D eigenvalue weighted by Crippen LogP contribution is 2.24. The van der Waals surface area contributed by atoms with E-state index in [2.05, 4.69) is 10.2 Å². The van der Waals surface area contributed by atoms with E-state index in [1.807, 2.05) is 48.5 Å². The zero-order chi connectivity index (χ0) is 16.4. The normalized spacial score (nSPS) is 15.0. The molecule has 1 aromatic heterocycles. The summed E-state index contributed by atoms with van der Waals surface area (Å²) in [5.74, 6) is 0.996. The number of amides is 1. The molecule has 4 nitrogen and oxygen atoms in total. The van der Waals surface area contributed by atoms with Gasteiger partial charge in [-0.2, -0.15) is 0 Å². The van der Waals surface area contributed by atoms with Gasteiger partial charge in [-0.15, -0.1) is 0 Å². The molecule has 1 amide bonds. The Labute approximate surface area is 141 Å². The van der Waals surface area contributed by atoms with E-state index in [0.29, 0.717) is 5.76 Å². The van der Waals surface area contributed by atoms with Gasteiger partial charge in [0.2, 0.25) is 0 Å². The van der Waals surface area contributed by atoms with Crippen LogP contribution in [-0.4, -0.2) is 23.9 Å². The van der Waals surface area contributed by atoms with Gasteiger partial charge in [0.05, 0.1) is 6.54 Å². The minimum absolute atomic E-state index is 0.209. The van der Waals surface area contributed by atoms with E-state index < -0.39 is 0 Å². The molecule has 4 rings (SSSR count). The van der Waals surface area contributed by atoms with Crippen LogP contribution < -0.4 is 5.32 Å². The molecule has 1 aliphatic heterocycles. The number of nitrogens with one attached hydrogen (secondary N) is 1. The van der Waals surface area contributed by atoms with Gasteiger partial charge in [-0.25, -0.2) is 0 Å². The summed E-state index contributed by atoms with van der Waals surface area (Å²) in [6.07, 6.45) is 2.49. The minimum Gasteiger partial charge on any atom is -0.455 e. The van der Waals surface area contributed by atoms with Gasteiger partial charge < -0.3 is 9.73 Å². The lowest BCUT2D eigenvalue weighted by Crippen LogP contribution is -2.18. The van der Waals surface area contributed by atoms with Gasteiger partial charge in [0, 0.05) is 11.1 Å². The smallest absolute Gasteiger partial charge is 0.291 e. The first-order valence-electron chi connectivity index (χ1n) is 8.40. The predicted octanol–water partition coefficient (Wildman–Crippen LogP) is 4.28. The SMILES string of the molecule is O=C(Nc1cccc2ccccc12)c1ccc(CN2CCCC2)o1. The average Bonchev–Trinajstić information content (AvgIpc) is 3.28. The lowest BCUT2D eigenvalue weighted by molar-refractivity contribution is 0.0993. The van der Waals surface area contributed by atoms with Crippen molar-refractivity contribution in [2.24, 2.45) is 0 Å². The van der Waals surface area contributed by atoms with Crippen molar-refractivity contribution in [1.82, 2.24) is 4.90 Å². The number of carbonyl (C=O) groups excluding carboxylic acids is 1. The van der Waals surface area contributed by atoms with Gasteiger partial charge in [0.25, 0.3) is 5.91 Å². The van der Waals surface area contributed by atoms with Gasteiger partial charge in [-0.3, -0.25) is 9.69 Å². The predicted molar refractivity (Wildman–Crippen MR) is 95.1 cm³/mol. The quantitative estimate of drug-likeness (QED) is 0.780. The summed E-state index contributed by atoms with van der Waals surface area (Å²) in [5.41, 5.74) is 0.801. The molecule has 0 saturated carbocycles. The van der Waals surface area contributed by atoms with Crippen LogP contribution in [0.3, 0.4) is 0 Å². The summed E-state index contributed by atoms with van der Waals surface area (Å²) in [6.45, 7) is 3.00. The lowest BCUT2D eigenvalue weighted by Gasteiger charge is -2.11. The molecule has 122 valence electrons. The summed E-state index contributed by atoms with van der Waals surface area (Å²) in [4.78, 5) is 14.8. The highest BCUT2D eigenvalue weighted by atomic mass is 16.4. The molecule has 3 aromatic rings. The van der Waals surface area contributed by atoms with E-state index >= 15 is 0 Å². The molecular weight excluding hydrogens is 300 g/mol. The van der Waals surface area contributed by atoms with Crippen LogP contribution in [0.2, 0.25) is 0 Å². The molecule has 0 radical (unpaired) electrons. The van der Waals surface area contributed by atoms with Crippen molar-refractivity contribution in [3.8, 4) is 0 Å². The van der Waals surface area contributed by atoms with Crippen molar-refractivity contribution in [1.29, 1.82) is 0 Å². The number of rotatable bonds is 4. The second kappa shape index (κ2) is 6.49. The first kappa shape index (κ1) is 15.0. The van der Waals surface area contributed by atoms with E-state index in [4.69, 9.17) is 4.42 Å². The van der Waals surface area contributed by atoms with E-state index in [9.17, 15) is 4.79 Å². The molecule has 1 aliphatic rings. The second-order valence-corrected chi connectivity index (χ2v) is 6.23. The maximum absolute atomic E-state index is 12.5. The number of likely N-dealkylation sites (tertiary alicyclic amines) is 1. The molecule has 2 aromatic carbocycles. The third-order valence-electron chi connectivity index (χ3n) is 4.50. The number of fused-ring (bicyclic) bond motifs is 1. The Balaban J connectivity index is 1.50. The van der Waals surface area contributed by atoms with Crippen LogP contribution in [0.15, 0.2) is 59.0 Å². The maximum atomic E-state index is 12.5. The van der Waals surface area contributed by atoms with Gasteiger partial charge >= 0.3 is 0 Å². The third-order valence-corrected chi connectivity index (χ3v) is 4.50. The molecule has 4 heteroatoms. The Hall–Kier alpha value is -2.59. The standard InChI is InChI=1S/C20H20N2O2/c23-20(19-11-10-16(24-19)14-22-12-3-4-13-22)21-18-9-5-7-15-6-1-2-8-17(15)18/h1-2,5-11H,3-4,12-14H2,(H,21,23). The summed E-state index contributed by atoms with van der Waals surface area (Å²) in [5, 5.41) is 5.09. The van der Waals surface area contributed by atoms with Crippen LogP contribution >= 0.6 is 0 Å². The van der Waals surface area contributed by atoms with Crippen molar-refractivity contribution in [2.75, 3.05) is 18.4 Å². The Morgan fingerprint density at radius 3 is 2.67 bits per heavy atom. The van der Waals surface area contributed by atoms with E-state index in [1.54, 1.807) is 6.07 Å². The number of furan rings is 1. The van der Waals surface area contributed by atoms with Gasteiger partial charge in [-0.1, -0.05) is 36.4 Å². The van der Waals surface area contributed by atoms with Crippen LogP contribution in [0, 0.1) is 0 Å². The zero-order valence-electron chi connectivity index (χ0n) is 13.5. The highest BCUT2D eigenvalue weighted by molar-refractivity contribution is 6.07. The number of hydrogen-bond donors (Lipinski definition) is 1. The van der Waals surface area contributed by atoms with Gasteiger partial charge in [0.15, 0.2) is 5.76 Å². The van der Waals surface area contributed by atoms with Crippen molar-refractivity contribution in [2.45, 2.75) is 19.4 Å². The van der Waals surface area contributed by atoms with Crippen molar-refractivity contribution in [3.63, 3.8) is 0 Å². The van der Waals surface area contributed by atoms with E-state index in [0.717, 1.165) is 41.9 Å². The topological polar surface area (TPSA) is 45.5 Å². The first-order valence-corrected chi connectivity index (χ1v) is 8.40. The molecule has 0 aliphatic carbocycles. The number of anilines is 1. The van der Waals surface area contributed by atoms with Crippen LogP contribution in [0.25, 0.3) is 10.8 Å². The summed E-state index contributed by atoms with van der Waals surface area (Å²) in [7, 11) is 0. The molecule has 0 unspecified atom stereocenters. The van der Waals surface area contributed by atoms with Crippen molar-refractivity contribution in [3.05, 3.63) is 66.1 Å². The van der Waals surface area contributed by atoms with Crippen LogP contribution in [0.5, 0.6) is 0 Å². The van der Waals surface area contributed by atoms with Crippen molar-refractivity contribution >= 4 is 22.4 Å². The fourth-order valence-corrected chi connectivity index (χ4v) is 3.26. The molecule has 1 fully saturated rings. The number of benzene rings is 2. The Kier molecular flexibility index (Phi) is 4.05. The Morgan fingerprint density at radius 1 is 1.00 bits per heavy atom. The fraction of sp³-hybridized carbons (Fsp3) is 0.250. The minimum atomic E-state index is -0.209. The van der Waals surface area contributed by atoms with Crippen LogP contribution in [0.4, 0.5) is 5.69 Å². The average molecular weight is 320 g/mol. The van der Waals surface area contributed by atoms with Crippen LogP contribution in [-0.2, 0) is 6.54 Å². The van der Waals surface area contributed by atoms with Gasteiger partial charge in [-0.05, 0) is 49.5 Å². The fourth-order valence-electron chi connectivity index (χ4n) is 3.26. The number of carbonyl (C=O) groups is 1. The monoisotopic (exact) mass is 320 g/mol. The third kappa shape index (κ3) is 3.05. The molecular formula is C20H20N2O2. The summed E-state index contributed by atoms with van der Waals surface area (Å²) >= 11 is 0. The first-order chi connectivity index (χ1) is 11.8. The molecule has 0 bridgehead atoms. The zero-order valence-corrected chi connectivity index (χ0v) is 13.5. The molecule has 1 saturated heterocycles. The molecule has 24 heavy (non-hydrogen) atoms. The van der Waals surface area contributed by atoms with Gasteiger partial charge in [0.1, 0.15) is 5.76 Å². The highest BCUT2D eigenvalue weighted by Gasteiger charge is 2.16. The Morgan fingerprint density at radius 2 is 1.79 bits per heavy atom. The van der Waals surface area contributed by atoms with Crippen molar-refractivity contribution < 1.29 is 9.21 Å². The van der Waals surface area contributed by atoms with E-state index in [1.165, 1.54) is 12.8 Å². The number of hydrogen-bond acceptors (Lipinski definition) is 3. The second-order valence-electron chi connectivity index (χ2n) is 6.23. The Bertz CT molecular complexity index is 857. The van der Waals surface area contributed by atoms with Crippen LogP contribution in [0.1, 0.15) is 29.2 Å². The summed E-state index contributed by atoms with van der Waals surface area (Å²) in [6, 6.07) is 17.5. The molecule has 2 heterocycles. The maximum Gasteiger partial charge on any atom is 0.291 e. The summed E-state index contributed by atoms with van der Waals surface area (Å²) < 4.78 is 5.74. The number of nitrogens with zero attached hydrogens (tertiary/aromatic N) is 1. The lowest BCUT2D eigenvalue weighted by atomic mass is 10.1. The molecule has 0 spiro atoms. The largest absolute Gasteiger partial charge is 0.455 e. The molecule has 0 atom stereocenters. The van der Waals surface area contributed by atoms with E-state index in [-0.39, 0.29) is 5.91 Å². The molecule has 1 N–H and O–H groups in total.